The highest BCUT2D eigenvalue weighted by Gasteiger charge is 2.32. The number of fused-ring (bicyclic) bond motifs is 6. The van der Waals surface area contributed by atoms with Crippen molar-refractivity contribution in [1.29, 1.82) is 0 Å². The maximum absolute atomic E-state index is 6.07. The smallest absolute Gasteiger partial charge is 0.136 e. The van der Waals surface area contributed by atoms with Gasteiger partial charge in [-0.25, -0.2) is 0 Å². The molecule has 0 saturated carbocycles. The average Bonchev–Trinajstić information content (AvgIpc) is 3.11. The standard InChI is InChI=1S/C24H20OS/c1-5-16-22(6-2)26(3,4)23-12-11-15-13-21-19(14-18(15)24(16)23)17-9-7-8-10-20(17)25-21/h5-14H,1-2H2,3-4H3. The molecule has 0 amide bonds. The molecular formula is C24H20OS. The molecule has 0 radical (unpaired) electrons. The second-order valence-corrected chi connectivity index (χ2v) is 10.7. The van der Waals surface area contributed by atoms with Gasteiger partial charge in [0.2, 0.25) is 0 Å². The van der Waals surface area contributed by atoms with E-state index < -0.39 is 10.0 Å². The van der Waals surface area contributed by atoms with E-state index >= 15 is 0 Å². The second-order valence-electron chi connectivity index (χ2n) is 7.12. The third kappa shape index (κ3) is 1.83. The molecular weight excluding hydrogens is 336 g/mol. The van der Waals surface area contributed by atoms with Crippen LogP contribution < -0.4 is 0 Å². The zero-order valence-electron chi connectivity index (χ0n) is 15.0. The zero-order chi connectivity index (χ0) is 18.1. The lowest BCUT2D eigenvalue weighted by Gasteiger charge is -2.29. The molecule has 0 aliphatic carbocycles. The van der Waals surface area contributed by atoms with Gasteiger partial charge in [-0.2, -0.15) is 10.0 Å². The monoisotopic (exact) mass is 356 g/mol. The van der Waals surface area contributed by atoms with Gasteiger partial charge >= 0.3 is 0 Å². The minimum Gasteiger partial charge on any atom is -0.456 e. The fourth-order valence-electron chi connectivity index (χ4n) is 4.26. The Morgan fingerprint density at radius 1 is 0.846 bits per heavy atom. The molecule has 0 fully saturated rings. The van der Waals surface area contributed by atoms with Crippen LogP contribution in [0.25, 0.3) is 38.3 Å². The zero-order valence-corrected chi connectivity index (χ0v) is 15.8. The summed E-state index contributed by atoms with van der Waals surface area (Å²) in [5, 5.41) is 4.81. The number of hydrogen-bond donors (Lipinski definition) is 0. The topological polar surface area (TPSA) is 13.1 Å². The van der Waals surface area contributed by atoms with Crippen LogP contribution in [0, 0.1) is 0 Å². The van der Waals surface area contributed by atoms with Gasteiger partial charge in [0.15, 0.2) is 0 Å². The number of hydrogen-bond acceptors (Lipinski definition) is 1. The van der Waals surface area contributed by atoms with Gasteiger partial charge in [-0.15, -0.1) is 0 Å². The number of benzene rings is 3. The van der Waals surface area contributed by atoms with E-state index in [0.29, 0.717) is 0 Å². The normalized spacial score (nSPS) is 17.0. The van der Waals surface area contributed by atoms with Crippen LogP contribution in [0.3, 0.4) is 0 Å². The molecule has 3 aromatic carbocycles. The SMILES string of the molecule is C=CC1=C(C=C)S(C)(C)c2ccc3cc4oc5ccccc5c4cc3c21. The summed E-state index contributed by atoms with van der Waals surface area (Å²) < 4.78 is 6.07. The number of allylic oxidation sites excluding steroid dienone is 3. The number of furan rings is 1. The summed E-state index contributed by atoms with van der Waals surface area (Å²) in [6, 6.07) is 17.2. The molecule has 26 heavy (non-hydrogen) atoms. The van der Waals surface area contributed by atoms with Crippen molar-refractivity contribution in [3.05, 3.63) is 84.3 Å². The first-order valence-electron chi connectivity index (χ1n) is 8.67. The fraction of sp³-hybridized carbons (Fsp3) is 0.0833. The van der Waals surface area contributed by atoms with Gasteiger partial charge in [0.25, 0.3) is 0 Å². The van der Waals surface area contributed by atoms with Gasteiger partial charge in [-0.3, -0.25) is 0 Å². The largest absolute Gasteiger partial charge is 0.456 e. The van der Waals surface area contributed by atoms with Crippen LogP contribution in [0.5, 0.6) is 0 Å². The van der Waals surface area contributed by atoms with E-state index in [-0.39, 0.29) is 0 Å². The Labute approximate surface area is 154 Å². The van der Waals surface area contributed by atoms with Crippen molar-refractivity contribution in [3.8, 4) is 0 Å². The maximum Gasteiger partial charge on any atom is 0.136 e. The lowest BCUT2D eigenvalue weighted by atomic mass is 9.96. The molecule has 2 heteroatoms. The van der Waals surface area contributed by atoms with Gasteiger partial charge < -0.3 is 4.42 Å². The van der Waals surface area contributed by atoms with Crippen LogP contribution in [0.2, 0.25) is 0 Å². The molecule has 5 rings (SSSR count). The highest BCUT2D eigenvalue weighted by Crippen LogP contribution is 2.66. The molecule has 2 heterocycles. The summed E-state index contributed by atoms with van der Waals surface area (Å²) in [5.41, 5.74) is 4.43. The molecule has 0 N–H and O–H groups in total. The highest BCUT2D eigenvalue weighted by atomic mass is 32.3. The van der Waals surface area contributed by atoms with Gasteiger partial charge in [0, 0.05) is 26.1 Å². The van der Waals surface area contributed by atoms with Crippen molar-refractivity contribution in [2.24, 2.45) is 0 Å². The van der Waals surface area contributed by atoms with E-state index in [1.807, 2.05) is 24.3 Å². The first-order chi connectivity index (χ1) is 12.6. The van der Waals surface area contributed by atoms with E-state index in [1.54, 1.807) is 0 Å². The Morgan fingerprint density at radius 3 is 2.42 bits per heavy atom. The van der Waals surface area contributed by atoms with Gasteiger partial charge in [0.05, 0.1) is 0 Å². The minimum atomic E-state index is -1.06. The van der Waals surface area contributed by atoms with Crippen LogP contribution >= 0.6 is 10.0 Å². The second kappa shape index (κ2) is 5.15. The van der Waals surface area contributed by atoms with E-state index in [9.17, 15) is 0 Å². The van der Waals surface area contributed by atoms with E-state index in [2.05, 4.69) is 62.1 Å². The summed E-state index contributed by atoms with van der Waals surface area (Å²) in [6.45, 7) is 8.19. The van der Waals surface area contributed by atoms with E-state index in [4.69, 9.17) is 4.42 Å². The van der Waals surface area contributed by atoms with E-state index in [1.165, 1.54) is 42.5 Å². The molecule has 0 atom stereocenters. The summed E-state index contributed by atoms with van der Waals surface area (Å²) in [5.74, 6) is 0. The Kier molecular flexibility index (Phi) is 3.08. The van der Waals surface area contributed by atoms with Crippen LogP contribution in [-0.2, 0) is 0 Å². The molecule has 0 bridgehead atoms. The highest BCUT2D eigenvalue weighted by molar-refractivity contribution is 8.36. The van der Waals surface area contributed by atoms with Gasteiger partial charge in [0.1, 0.15) is 11.2 Å². The summed E-state index contributed by atoms with van der Waals surface area (Å²) in [6.07, 6.45) is 8.70. The fourth-order valence-corrected chi connectivity index (χ4v) is 6.79. The summed E-state index contributed by atoms with van der Waals surface area (Å²) in [4.78, 5) is 2.74. The maximum atomic E-state index is 6.07. The number of para-hydroxylation sites is 1. The van der Waals surface area contributed by atoms with Crippen molar-refractivity contribution in [2.75, 3.05) is 12.5 Å². The molecule has 0 saturated heterocycles. The molecule has 1 nitrogen and oxygen atoms in total. The quantitative estimate of drug-likeness (QED) is 0.368. The molecule has 1 aliphatic rings. The van der Waals surface area contributed by atoms with Crippen molar-refractivity contribution >= 4 is 48.3 Å². The number of rotatable bonds is 2. The minimum absolute atomic E-state index is 0.937. The van der Waals surface area contributed by atoms with Crippen molar-refractivity contribution < 1.29 is 4.42 Å². The summed E-state index contributed by atoms with van der Waals surface area (Å²) in [7, 11) is -1.06. The third-order valence-electron chi connectivity index (χ3n) is 5.50. The molecule has 0 spiro atoms. The van der Waals surface area contributed by atoms with Crippen LogP contribution in [0.15, 0.2) is 88.1 Å². The average molecular weight is 356 g/mol. The Hall–Kier alpha value is -2.71. The van der Waals surface area contributed by atoms with E-state index in [0.717, 1.165) is 11.2 Å². The lowest BCUT2D eigenvalue weighted by Crippen LogP contribution is -1.94. The molecule has 4 aromatic rings. The molecule has 0 unspecified atom stereocenters. The lowest BCUT2D eigenvalue weighted by molar-refractivity contribution is 0.669. The van der Waals surface area contributed by atoms with Crippen molar-refractivity contribution in [2.45, 2.75) is 4.90 Å². The predicted molar refractivity (Wildman–Crippen MR) is 116 cm³/mol. The summed E-state index contributed by atoms with van der Waals surface area (Å²) >= 11 is 0. The molecule has 128 valence electrons. The van der Waals surface area contributed by atoms with Gasteiger partial charge in [-0.1, -0.05) is 49.6 Å². The first kappa shape index (κ1) is 15.5. The Balaban J connectivity index is 1.98. The van der Waals surface area contributed by atoms with Crippen LogP contribution in [0.1, 0.15) is 5.56 Å². The van der Waals surface area contributed by atoms with Crippen molar-refractivity contribution in [1.82, 2.24) is 0 Å². The predicted octanol–water partition coefficient (Wildman–Crippen LogP) is 7.26. The first-order valence-corrected chi connectivity index (χ1v) is 11.1. The molecule has 1 aliphatic heterocycles. The Morgan fingerprint density at radius 2 is 1.65 bits per heavy atom. The van der Waals surface area contributed by atoms with Crippen molar-refractivity contribution in [3.63, 3.8) is 0 Å². The molecule has 1 aromatic heterocycles. The van der Waals surface area contributed by atoms with Gasteiger partial charge in [-0.05, 0) is 53.1 Å². The van der Waals surface area contributed by atoms with Crippen LogP contribution in [0.4, 0.5) is 0 Å². The Bertz CT molecular complexity index is 1280. The third-order valence-corrected chi connectivity index (χ3v) is 8.43. The van der Waals surface area contributed by atoms with Crippen LogP contribution in [-0.4, -0.2) is 12.5 Å².